The minimum absolute atomic E-state index is 0.118. The lowest BCUT2D eigenvalue weighted by Gasteiger charge is -2.11. The Morgan fingerprint density at radius 3 is 2.37 bits per heavy atom. The molecule has 0 atom stereocenters. The van der Waals surface area contributed by atoms with Gasteiger partial charge >= 0.3 is 5.69 Å². The van der Waals surface area contributed by atoms with Crippen molar-refractivity contribution in [1.82, 2.24) is 19.7 Å². The van der Waals surface area contributed by atoms with Crippen molar-refractivity contribution in [2.45, 2.75) is 20.0 Å². The normalized spacial score (nSPS) is 10.6. The second kappa shape index (κ2) is 8.01. The van der Waals surface area contributed by atoms with Gasteiger partial charge in [0.25, 0.3) is 11.5 Å². The van der Waals surface area contributed by atoms with Crippen LogP contribution in [0.5, 0.6) is 0 Å². The molecule has 1 amide bonds. The fourth-order valence-electron chi connectivity index (χ4n) is 2.55. The predicted molar refractivity (Wildman–Crippen MR) is 102 cm³/mol. The molecule has 0 saturated carbocycles. The van der Waals surface area contributed by atoms with Gasteiger partial charge in [-0.2, -0.15) is 9.78 Å². The summed E-state index contributed by atoms with van der Waals surface area (Å²) in [5.74, 6) is -0.645. The number of benzene rings is 2. The third kappa shape index (κ3) is 3.98. The quantitative estimate of drug-likeness (QED) is 0.729. The maximum Gasteiger partial charge on any atom is 0.352 e. The first-order valence-electron chi connectivity index (χ1n) is 8.33. The molecule has 3 rings (SSSR count). The molecule has 7 nitrogen and oxygen atoms in total. The zero-order chi connectivity index (χ0) is 19.4. The third-order valence-corrected chi connectivity index (χ3v) is 4.21. The standard InChI is InChI=1S/C19H17ClN4O3/c1-2-23-18(26)16(17(25)21-12-13-6-4-3-5-7-13)22-24(19(23)27)15-10-8-14(20)9-11-15/h3-11H,2,12H2,1H3,(H,21,25). The lowest BCUT2D eigenvalue weighted by molar-refractivity contribution is 0.0941. The van der Waals surface area contributed by atoms with Crippen LogP contribution in [0.25, 0.3) is 5.69 Å². The summed E-state index contributed by atoms with van der Waals surface area (Å²) in [4.78, 5) is 37.6. The van der Waals surface area contributed by atoms with Crippen LogP contribution in [-0.2, 0) is 13.1 Å². The maximum absolute atomic E-state index is 12.6. The van der Waals surface area contributed by atoms with Crippen molar-refractivity contribution in [2.24, 2.45) is 0 Å². The Labute approximate surface area is 159 Å². The number of nitrogens with zero attached hydrogens (tertiary/aromatic N) is 3. The molecule has 0 aliphatic heterocycles. The zero-order valence-corrected chi connectivity index (χ0v) is 15.3. The molecule has 0 spiro atoms. The first-order chi connectivity index (χ1) is 13.0. The fourth-order valence-corrected chi connectivity index (χ4v) is 2.67. The molecule has 2 aromatic carbocycles. The third-order valence-electron chi connectivity index (χ3n) is 3.96. The van der Waals surface area contributed by atoms with Crippen LogP contribution in [0.2, 0.25) is 5.02 Å². The monoisotopic (exact) mass is 384 g/mol. The Bertz CT molecular complexity index is 1070. The van der Waals surface area contributed by atoms with Gasteiger partial charge in [0.2, 0.25) is 5.69 Å². The lowest BCUT2D eigenvalue weighted by Crippen LogP contribution is -2.45. The minimum Gasteiger partial charge on any atom is -0.346 e. The summed E-state index contributed by atoms with van der Waals surface area (Å²) in [6.07, 6.45) is 0. The van der Waals surface area contributed by atoms with Crippen molar-refractivity contribution >= 4 is 17.5 Å². The van der Waals surface area contributed by atoms with Gasteiger partial charge in [-0.3, -0.25) is 14.2 Å². The summed E-state index contributed by atoms with van der Waals surface area (Å²) < 4.78 is 2.00. The molecule has 1 aromatic heterocycles. The molecule has 0 fully saturated rings. The van der Waals surface area contributed by atoms with Crippen molar-refractivity contribution in [3.63, 3.8) is 0 Å². The van der Waals surface area contributed by atoms with Gasteiger partial charge in [0.1, 0.15) is 0 Å². The van der Waals surface area contributed by atoms with Crippen LogP contribution < -0.4 is 16.6 Å². The second-order valence-corrected chi connectivity index (χ2v) is 6.17. The first kappa shape index (κ1) is 18.6. The van der Waals surface area contributed by atoms with E-state index in [2.05, 4.69) is 10.4 Å². The summed E-state index contributed by atoms with van der Waals surface area (Å²) in [6, 6.07) is 15.7. The largest absolute Gasteiger partial charge is 0.352 e. The molecule has 0 aliphatic rings. The molecule has 8 heteroatoms. The number of amides is 1. The van der Waals surface area contributed by atoms with E-state index in [0.717, 1.165) is 14.8 Å². The highest BCUT2D eigenvalue weighted by Gasteiger charge is 2.19. The highest BCUT2D eigenvalue weighted by molar-refractivity contribution is 6.30. The van der Waals surface area contributed by atoms with Gasteiger partial charge in [-0.15, -0.1) is 0 Å². The Balaban J connectivity index is 2.00. The molecule has 1 N–H and O–H groups in total. The molecule has 138 valence electrons. The molecule has 0 saturated heterocycles. The van der Waals surface area contributed by atoms with Crippen LogP contribution in [-0.4, -0.2) is 20.3 Å². The van der Waals surface area contributed by atoms with Crippen LogP contribution in [0.3, 0.4) is 0 Å². The predicted octanol–water partition coefficient (Wildman–Crippen LogP) is 2.00. The van der Waals surface area contributed by atoms with Gasteiger partial charge in [0, 0.05) is 18.1 Å². The van der Waals surface area contributed by atoms with Gasteiger partial charge in [0.05, 0.1) is 5.69 Å². The van der Waals surface area contributed by atoms with Crippen LogP contribution in [0.1, 0.15) is 23.0 Å². The number of halogens is 1. The van der Waals surface area contributed by atoms with E-state index in [1.165, 1.54) is 0 Å². The molecule has 3 aromatic rings. The first-order valence-corrected chi connectivity index (χ1v) is 8.71. The number of hydrogen-bond acceptors (Lipinski definition) is 4. The average molecular weight is 385 g/mol. The van der Waals surface area contributed by atoms with E-state index < -0.39 is 17.2 Å². The van der Waals surface area contributed by atoms with Crippen molar-refractivity contribution in [2.75, 3.05) is 0 Å². The van der Waals surface area contributed by atoms with Crippen LogP contribution in [0.15, 0.2) is 64.2 Å². The van der Waals surface area contributed by atoms with E-state index in [4.69, 9.17) is 11.6 Å². The Hall–Kier alpha value is -3.19. The molecular formula is C19H17ClN4O3. The zero-order valence-electron chi connectivity index (χ0n) is 14.6. The summed E-state index contributed by atoms with van der Waals surface area (Å²) in [7, 11) is 0. The van der Waals surface area contributed by atoms with Gasteiger partial charge in [-0.05, 0) is 36.8 Å². The van der Waals surface area contributed by atoms with Crippen molar-refractivity contribution in [3.05, 3.63) is 91.7 Å². The maximum atomic E-state index is 12.6. The average Bonchev–Trinajstić information content (AvgIpc) is 2.68. The fraction of sp³-hybridized carbons (Fsp3) is 0.158. The summed E-state index contributed by atoms with van der Waals surface area (Å²) >= 11 is 5.88. The van der Waals surface area contributed by atoms with E-state index in [1.807, 2.05) is 30.3 Å². The Morgan fingerprint density at radius 1 is 1.07 bits per heavy atom. The van der Waals surface area contributed by atoms with Gasteiger partial charge in [-0.1, -0.05) is 41.9 Å². The van der Waals surface area contributed by atoms with Crippen molar-refractivity contribution < 1.29 is 4.79 Å². The number of aromatic nitrogens is 3. The van der Waals surface area contributed by atoms with Crippen molar-refractivity contribution in [3.8, 4) is 5.69 Å². The highest BCUT2D eigenvalue weighted by atomic mass is 35.5. The SMILES string of the molecule is CCn1c(=O)c(C(=O)NCc2ccccc2)nn(-c2ccc(Cl)cc2)c1=O. The number of carbonyl (C=O) groups excluding carboxylic acids is 1. The number of nitrogens with one attached hydrogen (secondary N) is 1. The summed E-state index contributed by atoms with van der Waals surface area (Å²) in [5, 5.41) is 7.17. The van der Waals surface area contributed by atoms with Gasteiger partial charge in [0.15, 0.2) is 0 Å². The second-order valence-electron chi connectivity index (χ2n) is 5.74. The molecule has 0 aliphatic carbocycles. The van der Waals surface area contributed by atoms with E-state index in [-0.39, 0.29) is 18.8 Å². The number of hydrogen-bond donors (Lipinski definition) is 1. The summed E-state index contributed by atoms with van der Waals surface area (Å²) in [6.45, 7) is 2.01. The number of carbonyl (C=O) groups is 1. The minimum atomic E-state index is -0.724. The van der Waals surface area contributed by atoms with Crippen molar-refractivity contribution in [1.29, 1.82) is 0 Å². The smallest absolute Gasteiger partial charge is 0.346 e. The molecule has 0 unspecified atom stereocenters. The van der Waals surface area contributed by atoms with E-state index in [9.17, 15) is 14.4 Å². The van der Waals surface area contributed by atoms with E-state index in [0.29, 0.717) is 10.7 Å². The van der Waals surface area contributed by atoms with Crippen LogP contribution in [0.4, 0.5) is 0 Å². The lowest BCUT2D eigenvalue weighted by atomic mass is 10.2. The molecule has 0 bridgehead atoms. The van der Waals surface area contributed by atoms with Crippen LogP contribution >= 0.6 is 11.6 Å². The van der Waals surface area contributed by atoms with Gasteiger partial charge < -0.3 is 5.32 Å². The topological polar surface area (TPSA) is 86.0 Å². The van der Waals surface area contributed by atoms with E-state index in [1.54, 1.807) is 31.2 Å². The number of rotatable bonds is 5. The highest BCUT2D eigenvalue weighted by Crippen LogP contribution is 2.11. The molecule has 27 heavy (non-hydrogen) atoms. The Morgan fingerprint density at radius 2 is 1.74 bits per heavy atom. The Kier molecular flexibility index (Phi) is 5.52. The summed E-state index contributed by atoms with van der Waals surface area (Å²) in [5.41, 5.74) is -0.401. The molecule has 1 heterocycles. The van der Waals surface area contributed by atoms with E-state index >= 15 is 0 Å². The molecular weight excluding hydrogens is 368 g/mol. The molecule has 0 radical (unpaired) electrons. The van der Waals surface area contributed by atoms with Gasteiger partial charge in [-0.25, -0.2) is 4.79 Å². The van der Waals surface area contributed by atoms with Crippen LogP contribution in [0, 0.1) is 0 Å².